The largest absolute Gasteiger partial charge is 0.480 e. The number of hydrogen-bond donors (Lipinski definition) is 1. The molecule has 0 spiro atoms. The van der Waals surface area contributed by atoms with Gasteiger partial charge in [0.15, 0.2) is 0 Å². The van der Waals surface area contributed by atoms with Crippen LogP contribution in [-0.2, 0) is 11.3 Å². The van der Waals surface area contributed by atoms with Crippen LogP contribution in [0.4, 0.5) is 0 Å². The van der Waals surface area contributed by atoms with Crippen molar-refractivity contribution in [3.8, 4) is 0 Å². The van der Waals surface area contributed by atoms with Gasteiger partial charge >= 0.3 is 5.97 Å². The number of rotatable bonds is 6. The summed E-state index contributed by atoms with van der Waals surface area (Å²) in [6.07, 6.45) is 3.68. The predicted octanol–water partition coefficient (Wildman–Crippen LogP) is 1.81. The highest BCUT2D eigenvalue weighted by atomic mass is 16.4. The third kappa shape index (κ3) is 3.38. The minimum Gasteiger partial charge on any atom is -0.480 e. The van der Waals surface area contributed by atoms with Gasteiger partial charge in [-0.1, -0.05) is 30.3 Å². The summed E-state index contributed by atoms with van der Waals surface area (Å²) < 4.78 is 0. The molecule has 1 saturated carbocycles. The van der Waals surface area contributed by atoms with Gasteiger partial charge in [-0.05, 0) is 24.8 Å². The molecule has 0 unspecified atom stereocenters. The third-order valence-electron chi connectivity index (χ3n) is 4.30. The van der Waals surface area contributed by atoms with Crippen molar-refractivity contribution in [3.63, 3.8) is 0 Å². The molecule has 0 aromatic heterocycles. The van der Waals surface area contributed by atoms with Crippen molar-refractivity contribution in [3.05, 3.63) is 35.9 Å². The molecule has 1 aliphatic carbocycles. The summed E-state index contributed by atoms with van der Waals surface area (Å²) in [5, 5.41) is 8.90. The third-order valence-corrected chi connectivity index (χ3v) is 4.30. The van der Waals surface area contributed by atoms with E-state index in [-0.39, 0.29) is 6.54 Å². The minimum absolute atomic E-state index is 0.181. The lowest BCUT2D eigenvalue weighted by molar-refractivity contribution is -0.138. The molecular formula is C16H22N2O2. The first kappa shape index (κ1) is 13.6. The Balaban J connectivity index is 1.62. The molecular weight excluding hydrogens is 252 g/mol. The van der Waals surface area contributed by atoms with E-state index in [9.17, 15) is 4.79 Å². The molecule has 2 aliphatic rings. The highest BCUT2D eigenvalue weighted by Gasteiger charge is 2.37. The van der Waals surface area contributed by atoms with E-state index in [0.29, 0.717) is 12.1 Å². The Kier molecular flexibility index (Phi) is 4.03. The number of likely N-dealkylation sites (tertiary alicyclic amines) is 1. The van der Waals surface area contributed by atoms with Crippen LogP contribution >= 0.6 is 0 Å². The summed E-state index contributed by atoms with van der Waals surface area (Å²) in [7, 11) is 0. The molecule has 0 bridgehead atoms. The van der Waals surface area contributed by atoms with Crippen LogP contribution in [0.2, 0.25) is 0 Å². The second-order valence-electron chi connectivity index (χ2n) is 5.96. The standard InChI is InChI=1S/C16H22N2O2/c19-16(20)12-17-9-8-15(11-17)18(14-6-7-14)10-13-4-2-1-3-5-13/h1-5,14-15H,6-12H2,(H,19,20)/t15-/m1/s1. The van der Waals surface area contributed by atoms with E-state index in [0.717, 1.165) is 26.1 Å². The Morgan fingerprint density at radius 1 is 1.20 bits per heavy atom. The molecule has 1 aromatic rings. The normalized spacial score (nSPS) is 23.4. The Morgan fingerprint density at radius 2 is 1.95 bits per heavy atom. The van der Waals surface area contributed by atoms with Crippen molar-refractivity contribution < 1.29 is 9.90 Å². The van der Waals surface area contributed by atoms with Gasteiger partial charge in [0.05, 0.1) is 6.54 Å². The molecule has 1 aromatic carbocycles. The van der Waals surface area contributed by atoms with Crippen LogP contribution in [0.3, 0.4) is 0 Å². The molecule has 1 saturated heterocycles. The van der Waals surface area contributed by atoms with E-state index < -0.39 is 5.97 Å². The van der Waals surface area contributed by atoms with E-state index in [2.05, 4.69) is 40.1 Å². The molecule has 20 heavy (non-hydrogen) atoms. The second-order valence-corrected chi connectivity index (χ2v) is 5.96. The molecule has 4 nitrogen and oxygen atoms in total. The summed E-state index contributed by atoms with van der Waals surface area (Å²) in [4.78, 5) is 15.5. The first-order valence-electron chi connectivity index (χ1n) is 7.46. The van der Waals surface area contributed by atoms with Crippen LogP contribution < -0.4 is 0 Å². The second kappa shape index (κ2) is 5.94. The van der Waals surface area contributed by atoms with Crippen LogP contribution in [-0.4, -0.2) is 52.6 Å². The number of benzene rings is 1. The Morgan fingerprint density at radius 3 is 2.60 bits per heavy atom. The van der Waals surface area contributed by atoms with E-state index in [1.807, 2.05) is 0 Å². The number of carboxylic acids is 1. The first-order chi connectivity index (χ1) is 9.72. The van der Waals surface area contributed by atoms with E-state index in [1.165, 1.54) is 18.4 Å². The fraction of sp³-hybridized carbons (Fsp3) is 0.562. The lowest BCUT2D eigenvalue weighted by Gasteiger charge is -2.29. The quantitative estimate of drug-likeness (QED) is 0.859. The highest BCUT2D eigenvalue weighted by Crippen LogP contribution is 2.32. The fourth-order valence-corrected chi connectivity index (χ4v) is 3.17. The van der Waals surface area contributed by atoms with Gasteiger partial charge in [-0.2, -0.15) is 0 Å². The molecule has 2 fully saturated rings. The summed E-state index contributed by atoms with van der Waals surface area (Å²) in [5.41, 5.74) is 1.36. The minimum atomic E-state index is -0.716. The maximum atomic E-state index is 10.8. The van der Waals surface area contributed by atoms with Crippen molar-refractivity contribution >= 4 is 5.97 Å². The number of carbonyl (C=O) groups is 1. The maximum absolute atomic E-state index is 10.8. The molecule has 108 valence electrons. The smallest absolute Gasteiger partial charge is 0.317 e. The molecule has 1 atom stereocenters. The maximum Gasteiger partial charge on any atom is 0.317 e. The van der Waals surface area contributed by atoms with Gasteiger partial charge in [-0.25, -0.2) is 0 Å². The van der Waals surface area contributed by atoms with Crippen LogP contribution in [0.15, 0.2) is 30.3 Å². The van der Waals surface area contributed by atoms with E-state index in [1.54, 1.807) is 0 Å². The zero-order valence-corrected chi connectivity index (χ0v) is 11.7. The van der Waals surface area contributed by atoms with Gasteiger partial charge in [0.25, 0.3) is 0 Å². The van der Waals surface area contributed by atoms with Crippen LogP contribution in [0, 0.1) is 0 Å². The zero-order valence-electron chi connectivity index (χ0n) is 11.7. The Bertz CT molecular complexity index is 459. The summed E-state index contributed by atoms with van der Waals surface area (Å²) in [6, 6.07) is 11.8. The number of aliphatic carboxylic acids is 1. The SMILES string of the molecule is O=C(O)CN1CC[C@@H](N(Cc2ccccc2)C2CC2)C1. The molecule has 1 aliphatic heterocycles. The van der Waals surface area contributed by atoms with Crippen molar-refractivity contribution in [2.75, 3.05) is 19.6 Å². The first-order valence-corrected chi connectivity index (χ1v) is 7.46. The lowest BCUT2D eigenvalue weighted by atomic mass is 10.1. The molecule has 1 heterocycles. The van der Waals surface area contributed by atoms with Crippen molar-refractivity contribution in [2.45, 2.75) is 37.9 Å². The molecule has 0 radical (unpaired) electrons. The summed E-state index contributed by atoms with van der Waals surface area (Å²) >= 11 is 0. The van der Waals surface area contributed by atoms with Gasteiger partial charge in [-0.15, -0.1) is 0 Å². The molecule has 3 rings (SSSR count). The van der Waals surface area contributed by atoms with Gasteiger partial charge in [-0.3, -0.25) is 14.6 Å². The average molecular weight is 274 g/mol. The Hall–Kier alpha value is -1.39. The van der Waals surface area contributed by atoms with Crippen LogP contribution in [0.5, 0.6) is 0 Å². The average Bonchev–Trinajstić information content (AvgIpc) is 3.17. The fourth-order valence-electron chi connectivity index (χ4n) is 3.17. The summed E-state index contributed by atoms with van der Waals surface area (Å²) in [5.74, 6) is -0.716. The van der Waals surface area contributed by atoms with Gasteiger partial charge < -0.3 is 5.11 Å². The van der Waals surface area contributed by atoms with Gasteiger partial charge in [0, 0.05) is 31.7 Å². The molecule has 0 amide bonds. The molecule has 4 heteroatoms. The predicted molar refractivity (Wildman–Crippen MR) is 77.5 cm³/mol. The van der Waals surface area contributed by atoms with E-state index in [4.69, 9.17) is 5.11 Å². The zero-order chi connectivity index (χ0) is 13.9. The monoisotopic (exact) mass is 274 g/mol. The number of carboxylic acid groups (broad SMARTS) is 1. The number of hydrogen-bond acceptors (Lipinski definition) is 3. The highest BCUT2D eigenvalue weighted by molar-refractivity contribution is 5.69. The van der Waals surface area contributed by atoms with Gasteiger partial charge in [0.1, 0.15) is 0 Å². The van der Waals surface area contributed by atoms with Crippen molar-refractivity contribution in [1.29, 1.82) is 0 Å². The van der Waals surface area contributed by atoms with Crippen LogP contribution in [0.25, 0.3) is 0 Å². The van der Waals surface area contributed by atoms with Crippen molar-refractivity contribution in [2.24, 2.45) is 0 Å². The topological polar surface area (TPSA) is 43.8 Å². The van der Waals surface area contributed by atoms with Crippen LogP contribution in [0.1, 0.15) is 24.8 Å². The van der Waals surface area contributed by atoms with E-state index >= 15 is 0 Å². The molecule has 1 N–H and O–H groups in total. The van der Waals surface area contributed by atoms with Crippen molar-refractivity contribution in [1.82, 2.24) is 9.80 Å². The Labute approximate surface area is 120 Å². The number of nitrogens with zero attached hydrogens (tertiary/aromatic N) is 2. The lowest BCUT2D eigenvalue weighted by Crippen LogP contribution is -2.39. The summed E-state index contributed by atoms with van der Waals surface area (Å²) in [6.45, 7) is 2.99. The van der Waals surface area contributed by atoms with Gasteiger partial charge in [0.2, 0.25) is 0 Å².